The smallest absolute Gasteiger partial charge is 0.264 e. The number of benzene rings is 4. The van der Waals surface area contributed by atoms with Gasteiger partial charge in [-0.2, -0.15) is 0 Å². The molecule has 4 rings (SSSR count). The first-order valence-corrected chi connectivity index (χ1v) is 16.8. The van der Waals surface area contributed by atoms with Crippen molar-refractivity contribution in [3.05, 3.63) is 124 Å². The van der Waals surface area contributed by atoms with Crippen LogP contribution in [0.25, 0.3) is 0 Å². The molecule has 0 saturated heterocycles. The van der Waals surface area contributed by atoms with Crippen molar-refractivity contribution in [2.75, 3.05) is 18.0 Å². The number of hydrogen-bond donors (Lipinski definition) is 1. The zero-order valence-corrected chi connectivity index (χ0v) is 28.2. The van der Waals surface area contributed by atoms with Crippen molar-refractivity contribution in [1.29, 1.82) is 0 Å². The summed E-state index contributed by atoms with van der Waals surface area (Å²) in [6.07, 6.45) is 0.237. The molecule has 0 spiro atoms. The summed E-state index contributed by atoms with van der Waals surface area (Å²) in [6.45, 7) is 5.07. The second kappa shape index (κ2) is 15.2. The van der Waals surface area contributed by atoms with E-state index in [2.05, 4.69) is 21.2 Å². The van der Waals surface area contributed by atoms with Gasteiger partial charge in [-0.3, -0.25) is 13.9 Å². The molecule has 4 aromatic carbocycles. The number of methoxy groups -OCH3 is 1. The maximum atomic E-state index is 14.6. The van der Waals surface area contributed by atoms with E-state index >= 15 is 0 Å². The summed E-state index contributed by atoms with van der Waals surface area (Å²) >= 11 is 3.46. The fourth-order valence-electron chi connectivity index (χ4n) is 4.95. The number of nitrogens with one attached hydrogen (secondary N) is 1. The van der Waals surface area contributed by atoms with E-state index in [0.29, 0.717) is 5.75 Å². The molecule has 0 aliphatic carbocycles. The third kappa shape index (κ3) is 8.73. The average molecular weight is 693 g/mol. The third-order valence-corrected chi connectivity index (χ3v) is 9.48. The van der Waals surface area contributed by atoms with Crippen molar-refractivity contribution in [2.45, 2.75) is 50.7 Å². The zero-order chi connectivity index (χ0) is 32.6. The molecule has 0 aromatic heterocycles. The van der Waals surface area contributed by atoms with Gasteiger partial charge in [0.1, 0.15) is 18.3 Å². The maximum Gasteiger partial charge on any atom is 0.264 e. The fourth-order valence-corrected chi connectivity index (χ4v) is 6.65. The van der Waals surface area contributed by atoms with E-state index in [0.717, 1.165) is 25.5 Å². The molecule has 0 bridgehead atoms. The van der Waals surface area contributed by atoms with Gasteiger partial charge in [0, 0.05) is 23.5 Å². The van der Waals surface area contributed by atoms with Gasteiger partial charge in [0.2, 0.25) is 11.8 Å². The summed E-state index contributed by atoms with van der Waals surface area (Å²) in [5.41, 5.74) is 2.66. The molecule has 236 valence electrons. The van der Waals surface area contributed by atoms with Crippen LogP contribution < -0.4 is 14.4 Å². The number of carbonyl (C=O) groups excluding carboxylic acids is 2. The summed E-state index contributed by atoms with van der Waals surface area (Å²) in [4.78, 5) is 29.9. The molecule has 0 aliphatic rings. The van der Waals surface area contributed by atoms with Gasteiger partial charge >= 0.3 is 0 Å². The number of hydrogen-bond acceptors (Lipinski definition) is 5. The van der Waals surface area contributed by atoms with Gasteiger partial charge in [-0.15, -0.1) is 0 Å². The predicted octanol–water partition coefficient (Wildman–Crippen LogP) is 6.13. The minimum atomic E-state index is -4.24. The average Bonchev–Trinajstić information content (AvgIpc) is 3.02. The number of carbonyl (C=O) groups is 2. The van der Waals surface area contributed by atoms with Crippen molar-refractivity contribution in [3.8, 4) is 5.75 Å². The maximum absolute atomic E-state index is 14.6. The zero-order valence-electron chi connectivity index (χ0n) is 25.8. The Kier molecular flexibility index (Phi) is 11.4. The highest BCUT2D eigenvalue weighted by atomic mass is 79.9. The van der Waals surface area contributed by atoms with Crippen molar-refractivity contribution in [3.63, 3.8) is 0 Å². The lowest BCUT2D eigenvalue weighted by Gasteiger charge is -2.34. The van der Waals surface area contributed by atoms with E-state index in [-0.39, 0.29) is 35.5 Å². The van der Waals surface area contributed by atoms with Crippen molar-refractivity contribution in [1.82, 2.24) is 10.2 Å². The molecule has 8 nitrogen and oxygen atoms in total. The lowest BCUT2D eigenvalue weighted by molar-refractivity contribution is -0.140. The first-order valence-electron chi connectivity index (χ1n) is 14.6. The monoisotopic (exact) mass is 691 g/mol. The standard InChI is InChI=1S/C35H38BrN3O5S/c1-25(2)37-35(41)32(22-27-11-7-5-8-12-27)38(23-28-16-18-29(36)19-17-28)34(40)24-39(31-21-26(3)15-20-33(31)44-4)45(42,43)30-13-9-6-10-14-30/h5-21,25,32H,22-24H2,1-4H3,(H,37,41)/t32-/m0/s1. The van der Waals surface area contributed by atoms with E-state index in [1.165, 1.54) is 24.1 Å². The highest BCUT2D eigenvalue weighted by Crippen LogP contribution is 2.34. The van der Waals surface area contributed by atoms with Crippen LogP contribution >= 0.6 is 15.9 Å². The Morgan fingerprint density at radius 3 is 2.09 bits per heavy atom. The van der Waals surface area contributed by atoms with E-state index in [9.17, 15) is 18.0 Å². The van der Waals surface area contributed by atoms with Crippen LogP contribution in [0.2, 0.25) is 0 Å². The lowest BCUT2D eigenvalue weighted by Crippen LogP contribution is -2.54. The number of rotatable bonds is 13. The van der Waals surface area contributed by atoms with Crippen LogP contribution in [0.5, 0.6) is 5.75 Å². The molecular formula is C35H38BrN3O5S. The first-order chi connectivity index (χ1) is 21.5. The molecule has 0 radical (unpaired) electrons. The molecule has 1 N–H and O–H groups in total. The lowest BCUT2D eigenvalue weighted by atomic mass is 10.0. The molecule has 2 amide bonds. The van der Waals surface area contributed by atoms with Gasteiger partial charge in [-0.05, 0) is 73.9 Å². The number of amides is 2. The Morgan fingerprint density at radius 2 is 1.49 bits per heavy atom. The number of nitrogens with zero attached hydrogens (tertiary/aromatic N) is 2. The number of aryl methyl sites for hydroxylation is 1. The molecule has 0 saturated carbocycles. The third-order valence-electron chi connectivity index (χ3n) is 7.18. The topological polar surface area (TPSA) is 96.0 Å². The minimum absolute atomic E-state index is 0.0270. The molecule has 1 atom stereocenters. The molecule has 10 heteroatoms. The highest BCUT2D eigenvalue weighted by molar-refractivity contribution is 9.10. The molecule has 0 fully saturated rings. The van der Waals surface area contributed by atoms with Crippen molar-refractivity contribution >= 4 is 43.5 Å². The summed E-state index contributed by atoms with van der Waals surface area (Å²) < 4.78 is 36.0. The van der Waals surface area contributed by atoms with Gasteiger partial charge in [0.15, 0.2) is 0 Å². The number of sulfonamides is 1. The van der Waals surface area contributed by atoms with Gasteiger partial charge in [0.25, 0.3) is 10.0 Å². The second-order valence-corrected chi connectivity index (χ2v) is 13.8. The van der Waals surface area contributed by atoms with Crippen LogP contribution in [0, 0.1) is 6.92 Å². The molecular weight excluding hydrogens is 654 g/mol. The normalized spacial score (nSPS) is 12.0. The number of halogens is 1. The molecule has 0 heterocycles. The van der Waals surface area contributed by atoms with Crippen molar-refractivity contribution < 1.29 is 22.7 Å². The Balaban J connectivity index is 1.84. The first kappa shape index (κ1) is 33.7. The van der Waals surface area contributed by atoms with E-state index in [1.807, 2.05) is 81.4 Å². The summed E-state index contributed by atoms with van der Waals surface area (Å²) in [6, 6.07) is 29.0. The van der Waals surface area contributed by atoms with Gasteiger partial charge in [-0.25, -0.2) is 8.42 Å². The van der Waals surface area contributed by atoms with Crippen LogP contribution in [0.3, 0.4) is 0 Å². The minimum Gasteiger partial charge on any atom is -0.495 e. The van der Waals surface area contributed by atoms with Crippen LogP contribution in [0.4, 0.5) is 5.69 Å². The van der Waals surface area contributed by atoms with E-state index in [4.69, 9.17) is 4.74 Å². The molecule has 0 unspecified atom stereocenters. The number of ether oxygens (including phenoxy) is 1. The van der Waals surface area contributed by atoms with Crippen LogP contribution in [-0.4, -0.2) is 50.9 Å². The largest absolute Gasteiger partial charge is 0.495 e. The Morgan fingerprint density at radius 1 is 0.867 bits per heavy atom. The van der Waals surface area contributed by atoms with Gasteiger partial charge in [0.05, 0.1) is 17.7 Å². The fraction of sp³-hybridized carbons (Fsp3) is 0.257. The van der Waals surface area contributed by atoms with Gasteiger partial charge in [-0.1, -0.05) is 82.7 Å². The Labute approximate surface area is 274 Å². The van der Waals surface area contributed by atoms with E-state index in [1.54, 1.807) is 30.3 Å². The molecule has 4 aromatic rings. The summed E-state index contributed by atoms with van der Waals surface area (Å²) in [7, 11) is -2.78. The predicted molar refractivity (Wildman–Crippen MR) is 181 cm³/mol. The number of anilines is 1. The van der Waals surface area contributed by atoms with Crippen molar-refractivity contribution in [2.24, 2.45) is 0 Å². The Hall–Kier alpha value is -4.15. The second-order valence-electron chi connectivity index (χ2n) is 11.0. The highest BCUT2D eigenvalue weighted by Gasteiger charge is 2.35. The van der Waals surface area contributed by atoms with Crippen LogP contribution in [0.1, 0.15) is 30.5 Å². The van der Waals surface area contributed by atoms with Crippen LogP contribution in [0.15, 0.2) is 112 Å². The molecule has 0 aliphatic heterocycles. The summed E-state index contributed by atoms with van der Waals surface area (Å²) in [5.74, 6) is -0.573. The quantitative estimate of drug-likeness (QED) is 0.182. The SMILES string of the molecule is COc1ccc(C)cc1N(CC(=O)N(Cc1ccc(Br)cc1)[C@@H](Cc1ccccc1)C(=O)NC(C)C)S(=O)(=O)c1ccccc1. The van der Waals surface area contributed by atoms with Gasteiger partial charge < -0.3 is 15.0 Å². The van der Waals surface area contributed by atoms with Crippen LogP contribution in [-0.2, 0) is 32.6 Å². The Bertz CT molecular complexity index is 1700. The van der Waals surface area contributed by atoms with E-state index < -0.39 is 28.5 Å². The summed E-state index contributed by atoms with van der Waals surface area (Å²) in [5, 5.41) is 2.97. The molecule has 45 heavy (non-hydrogen) atoms.